The Morgan fingerprint density at radius 1 is 0.971 bits per heavy atom. The maximum absolute atomic E-state index is 13.3. The van der Waals surface area contributed by atoms with Gasteiger partial charge in [-0.05, 0) is 75.2 Å². The minimum Gasteiger partial charge on any atom is -0.454 e. The monoisotopic (exact) mass is 498 g/mol. The molecule has 1 aliphatic rings. The number of sulfonamides is 1. The van der Waals surface area contributed by atoms with Crippen molar-refractivity contribution >= 4 is 21.8 Å². The lowest BCUT2D eigenvalue weighted by Gasteiger charge is -2.25. The zero-order valence-electron chi connectivity index (χ0n) is 19.7. The summed E-state index contributed by atoms with van der Waals surface area (Å²) in [5.74, 6) is -1.52. The molecule has 0 atom stereocenters. The maximum Gasteiger partial charge on any atom is 0.338 e. The minimum absolute atomic E-state index is 0.0306. The molecule has 1 aromatic heterocycles. The molecule has 9 heteroatoms. The number of aryl methyl sites for hydroxylation is 1. The molecule has 0 bridgehead atoms. The summed E-state index contributed by atoms with van der Waals surface area (Å²) in [6.45, 7) is 4.02. The topological polar surface area (TPSA) is 85.7 Å². The van der Waals surface area contributed by atoms with E-state index in [1.165, 1.54) is 40.7 Å². The van der Waals surface area contributed by atoms with Crippen molar-refractivity contribution in [1.82, 2.24) is 8.87 Å². The van der Waals surface area contributed by atoms with E-state index < -0.39 is 28.4 Å². The summed E-state index contributed by atoms with van der Waals surface area (Å²) in [4.78, 5) is 25.5. The van der Waals surface area contributed by atoms with Crippen LogP contribution in [-0.4, -0.2) is 48.7 Å². The predicted octanol–water partition coefficient (Wildman–Crippen LogP) is 4.45. The second-order valence-electron chi connectivity index (χ2n) is 8.59. The van der Waals surface area contributed by atoms with Gasteiger partial charge in [-0.2, -0.15) is 4.31 Å². The number of carbonyl (C=O) groups is 2. The summed E-state index contributed by atoms with van der Waals surface area (Å²) in [5.41, 5.74) is 2.59. The van der Waals surface area contributed by atoms with Gasteiger partial charge in [0.2, 0.25) is 15.8 Å². The van der Waals surface area contributed by atoms with E-state index in [0.29, 0.717) is 30.0 Å². The fourth-order valence-electron chi connectivity index (χ4n) is 4.36. The van der Waals surface area contributed by atoms with Gasteiger partial charge in [0.1, 0.15) is 5.82 Å². The third-order valence-corrected chi connectivity index (χ3v) is 8.07. The van der Waals surface area contributed by atoms with E-state index in [9.17, 15) is 22.4 Å². The van der Waals surface area contributed by atoms with Crippen LogP contribution in [0.2, 0.25) is 0 Å². The molecule has 1 aliphatic heterocycles. The van der Waals surface area contributed by atoms with Crippen LogP contribution in [0.3, 0.4) is 0 Å². The number of halogens is 1. The largest absolute Gasteiger partial charge is 0.454 e. The van der Waals surface area contributed by atoms with Crippen LogP contribution in [0, 0.1) is 19.7 Å². The van der Waals surface area contributed by atoms with E-state index in [-0.39, 0.29) is 16.3 Å². The Kier molecular flexibility index (Phi) is 7.18. The lowest BCUT2D eigenvalue weighted by atomic mass is 10.1. The number of ketones is 1. The Morgan fingerprint density at radius 3 is 2.34 bits per heavy atom. The van der Waals surface area contributed by atoms with E-state index in [2.05, 4.69) is 0 Å². The average molecular weight is 499 g/mol. The minimum atomic E-state index is -3.70. The number of nitrogens with zero attached hydrogens (tertiary/aromatic N) is 2. The van der Waals surface area contributed by atoms with Crippen molar-refractivity contribution in [2.45, 2.75) is 38.0 Å². The van der Waals surface area contributed by atoms with Gasteiger partial charge in [0.25, 0.3) is 0 Å². The van der Waals surface area contributed by atoms with Gasteiger partial charge in [-0.1, -0.05) is 12.5 Å². The number of benzene rings is 2. The molecule has 0 spiro atoms. The zero-order valence-corrected chi connectivity index (χ0v) is 20.5. The van der Waals surface area contributed by atoms with Gasteiger partial charge in [0.05, 0.1) is 10.5 Å². The number of aromatic nitrogens is 1. The van der Waals surface area contributed by atoms with E-state index in [4.69, 9.17) is 4.74 Å². The number of hydrogen-bond acceptors (Lipinski definition) is 5. The third kappa shape index (κ3) is 5.21. The van der Waals surface area contributed by atoms with Gasteiger partial charge in [0, 0.05) is 35.7 Å². The van der Waals surface area contributed by atoms with Crippen LogP contribution in [0.4, 0.5) is 4.39 Å². The van der Waals surface area contributed by atoms with Crippen LogP contribution in [0.1, 0.15) is 51.4 Å². The Hall–Kier alpha value is -3.30. The molecule has 0 saturated carbocycles. The number of rotatable bonds is 7. The molecule has 0 amide bonds. The standard InChI is InChI=1S/C26H27FN2O5S/c1-18-15-24(19(2)29(18)22-11-9-21(27)10-12-22)25(30)17-34-26(31)20-7-6-8-23(16-20)35(32,33)28-13-4-3-5-14-28/h6-12,15-16H,3-5,13-14,17H2,1-2H3. The van der Waals surface area contributed by atoms with Gasteiger partial charge in [-0.25, -0.2) is 17.6 Å². The highest BCUT2D eigenvalue weighted by Crippen LogP contribution is 2.23. The van der Waals surface area contributed by atoms with Crippen LogP contribution >= 0.6 is 0 Å². The molecule has 0 N–H and O–H groups in total. The fraction of sp³-hybridized carbons (Fsp3) is 0.308. The van der Waals surface area contributed by atoms with Gasteiger partial charge in [0.15, 0.2) is 6.61 Å². The summed E-state index contributed by atoms with van der Waals surface area (Å²) in [6.07, 6.45) is 2.62. The van der Waals surface area contributed by atoms with Crippen molar-refractivity contribution in [2.24, 2.45) is 0 Å². The molecule has 1 saturated heterocycles. The second kappa shape index (κ2) is 10.1. The van der Waals surface area contributed by atoms with Crippen LogP contribution < -0.4 is 0 Å². The normalized spacial score (nSPS) is 14.6. The lowest BCUT2D eigenvalue weighted by Crippen LogP contribution is -2.35. The Balaban J connectivity index is 1.47. The zero-order chi connectivity index (χ0) is 25.2. The Bertz CT molecular complexity index is 1360. The van der Waals surface area contributed by atoms with E-state index in [0.717, 1.165) is 25.0 Å². The second-order valence-corrected chi connectivity index (χ2v) is 10.5. The lowest BCUT2D eigenvalue weighted by molar-refractivity contribution is 0.0474. The fourth-order valence-corrected chi connectivity index (χ4v) is 5.93. The summed E-state index contributed by atoms with van der Waals surface area (Å²) in [7, 11) is -3.70. The van der Waals surface area contributed by atoms with E-state index >= 15 is 0 Å². The first kappa shape index (κ1) is 24.8. The first-order valence-electron chi connectivity index (χ1n) is 11.4. The molecular weight excluding hydrogens is 471 g/mol. The Labute approximate surface area is 204 Å². The summed E-state index contributed by atoms with van der Waals surface area (Å²) >= 11 is 0. The SMILES string of the molecule is Cc1cc(C(=O)COC(=O)c2cccc(S(=O)(=O)N3CCCCC3)c2)c(C)n1-c1ccc(F)cc1. The summed E-state index contributed by atoms with van der Waals surface area (Å²) < 4.78 is 47.6. The van der Waals surface area contributed by atoms with E-state index in [1.807, 2.05) is 11.5 Å². The van der Waals surface area contributed by atoms with Gasteiger partial charge < -0.3 is 9.30 Å². The molecule has 1 fully saturated rings. The number of Topliss-reactive ketones (excluding diaryl/α,β-unsaturated/α-hetero) is 1. The number of piperidine rings is 1. The Morgan fingerprint density at radius 2 is 1.66 bits per heavy atom. The molecule has 4 rings (SSSR count). The van der Waals surface area contributed by atoms with Crippen LogP contribution in [0.15, 0.2) is 59.5 Å². The van der Waals surface area contributed by atoms with Crippen molar-refractivity contribution < 1.29 is 27.1 Å². The van der Waals surface area contributed by atoms with Crippen LogP contribution in [0.25, 0.3) is 5.69 Å². The number of carbonyl (C=O) groups excluding carboxylic acids is 2. The molecule has 7 nitrogen and oxygen atoms in total. The van der Waals surface area contributed by atoms with Gasteiger partial charge in [-0.15, -0.1) is 0 Å². The predicted molar refractivity (Wildman–Crippen MR) is 129 cm³/mol. The van der Waals surface area contributed by atoms with Crippen molar-refractivity contribution in [1.29, 1.82) is 0 Å². The molecule has 2 heterocycles. The van der Waals surface area contributed by atoms with Crippen LogP contribution in [-0.2, 0) is 14.8 Å². The molecule has 3 aromatic rings. The highest BCUT2D eigenvalue weighted by molar-refractivity contribution is 7.89. The highest BCUT2D eigenvalue weighted by Gasteiger charge is 2.27. The third-order valence-electron chi connectivity index (χ3n) is 6.17. The molecule has 0 radical (unpaired) electrons. The molecule has 0 aliphatic carbocycles. The van der Waals surface area contributed by atoms with Gasteiger partial charge in [-0.3, -0.25) is 4.79 Å². The highest BCUT2D eigenvalue weighted by atomic mass is 32.2. The van der Waals surface area contributed by atoms with Gasteiger partial charge >= 0.3 is 5.97 Å². The smallest absolute Gasteiger partial charge is 0.338 e. The molecular formula is C26H27FN2O5S. The first-order chi connectivity index (χ1) is 16.7. The van der Waals surface area contributed by atoms with Crippen molar-refractivity contribution in [3.8, 4) is 5.69 Å². The van der Waals surface area contributed by atoms with Crippen molar-refractivity contribution in [2.75, 3.05) is 19.7 Å². The average Bonchev–Trinajstić information content (AvgIpc) is 3.17. The number of hydrogen-bond donors (Lipinski definition) is 0. The summed E-state index contributed by atoms with van der Waals surface area (Å²) in [6, 6.07) is 13.3. The first-order valence-corrected chi connectivity index (χ1v) is 12.9. The molecule has 35 heavy (non-hydrogen) atoms. The van der Waals surface area contributed by atoms with Crippen molar-refractivity contribution in [3.05, 3.63) is 82.9 Å². The number of esters is 1. The quantitative estimate of drug-likeness (QED) is 0.355. The maximum atomic E-state index is 13.3. The number of ether oxygens (including phenoxy) is 1. The van der Waals surface area contributed by atoms with Crippen molar-refractivity contribution in [3.63, 3.8) is 0 Å². The van der Waals surface area contributed by atoms with Crippen LogP contribution in [0.5, 0.6) is 0 Å². The van der Waals surface area contributed by atoms with E-state index in [1.54, 1.807) is 25.1 Å². The molecule has 2 aromatic carbocycles. The molecule has 0 unspecified atom stereocenters. The molecule has 184 valence electrons. The summed E-state index contributed by atoms with van der Waals surface area (Å²) in [5, 5.41) is 0.